The molecule has 1 aromatic carbocycles. The molecule has 0 spiro atoms. The maximum absolute atomic E-state index is 13.8. The van der Waals surface area contributed by atoms with Crippen molar-refractivity contribution in [1.29, 1.82) is 0 Å². The number of benzene rings is 1. The highest BCUT2D eigenvalue weighted by Gasteiger charge is 2.32. The zero-order valence-corrected chi connectivity index (χ0v) is 17.8. The maximum atomic E-state index is 13.8. The van der Waals surface area contributed by atoms with Gasteiger partial charge >= 0.3 is 6.18 Å². The van der Waals surface area contributed by atoms with Crippen molar-refractivity contribution in [2.45, 2.75) is 26.6 Å². The van der Waals surface area contributed by atoms with E-state index in [1.54, 1.807) is 18.3 Å². The van der Waals surface area contributed by atoms with Gasteiger partial charge < -0.3 is 16.4 Å². The molecule has 2 heterocycles. The fourth-order valence-corrected chi connectivity index (χ4v) is 3.30. The predicted octanol–water partition coefficient (Wildman–Crippen LogP) is 5.05. The zero-order chi connectivity index (χ0) is 24.2. The van der Waals surface area contributed by atoms with Crippen LogP contribution in [-0.4, -0.2) is 15.9 Å². The van der Waals surface area contributed by atoms with Gasteiger partial charge in [0, 0.05) is 29.7 Å². The second-order valence-corrected chi connectivity index (χ2v) is 7.21. The highest BCUT2D eigenvalue weighted by molar-refractivity contribution is 6.07. The normalized spacial score (nSPS) is 11.6. The van der Waals surface area contributed by atoms with E-state index in [9.17, 15) is 22.4 Å². The molecule has 33 heavy (non-hydrogen) atoms. The van der Waals surface area contributed by atoms with E-state index in [0.717, 1.165) is 41.2 Å². The summed E-state index contributed by atoms with van der Waals surface area (Å²) in [4.78, 5) is 21.0. The monoisotopic (exact) mass is 459 g/mol. The Labute approximate surface area is 187 Å². The fourth-order valence-electron chi connectivity index (χ4n) is 3.30. The summed E-state index contributed by atoms with van der Waals surface area (Å²) in [6.45, 7) is 3.35. The van der Waals surface area contributed by atoms with Crippen LogP contribution < -0.4 is 16.4 Å². The van der Waals surface area contributed by atoms with Crippen LogP contribution in [0.15, 0.2) is 48.9 Å². The van der Waals surface area contributed by atoms with Gasteiger partial charge in [0.05, 0.1) is 17.3 Å². The summed E-state index contributed by atoms with van der Waals surface area (Å²) >= 11 is 0. The minimum absolute atomic E-state index is 0.0513. The Morgan fingerprint density at radius 2 is 1.91 bits per heavy atom. The summed E-state index contributed by atoms with van der Waals surface area (Å²) < 4.78 is 52.8. The Morgan fingerprint density at radius 3 is 2.58 bits per heavy atom. The number of aryl methyl sites for hydroxylation is 2. The molecule has 0 saturated heterocycles. The molecule has 3 rings (SSSR count). The first kappa shape index (κ1) is 23.7. The number of amides is 1. The number of hydrogen-bond acceptors (Lipinski definition) is 5. The first-order valence-corrected chi connectivity index (χ1v) is 9.81. The summed E-state index contributed by atoms with van der Waals surface area (Å²) in [6, 6.07) is 5.99. The highest BCUT2D eigenvalue weighted by atomic mass is 19.4. The fraction of sp³-hybridized carbons (Fsp3) is 0.174. The highest BCUT2D eigenvalue weighted by Crippen LogP contribution is 2.33. The molecule has 0 atom stereocenters. The third-order valence-electron chi connectivity index (χ3n) is 4.88. The van der Waals surface area contributed by atoms with E-state index in [2.05, 4.69) is 20.6 Å². The lowest BCUT2D eigenvalue weighted by Crippen LogP contribution is -2.17. The third-order valence-corrected chi connectivity index (χ3v) is 4.88. The summed E-state index contributed by atoms with van der Waals surface area (Å²) in [6.07, 6.45) is 1.16. The summed E-state index contributed by atoms with van der Waals surface area (Å²) in [7, 11) is 0. The van der Waals surface area contributed by atoms with E-state index in [1.807, 2.05) is 6.92 Å². The Hall–Kier alpha value is -3.95. The molecule has 0 aliphatic rings. The van der Waals surface area contributed by atoms with E-state index in [1.165, 1.54) is 19.2 Å². The number of nitrogens with zero attached hydrogens (tertiary/aromatic N) is 2. The van der Waals surface area contributed by atoms with Crippen molar-refractivity contribution >= 4 is 23.5 Å². The predicted molar refractivity (Wildman–Crippen MR) is 118 cm³/mol. The van der Waals surface area contributed by atoms with Crippen LogP contribution in [0.25, 0.3) is 6.08 Å². The van der Waals surface area contributed by atoms with Crippen LogP contribution in [-0.2, 0) is 12.7 Å². The Balaban J connectivity index is 1.84. The van der Waals surface area contributed by atoms with Crippen LogP contribution in [0.5, 0.6) is 0 Å². The van der Waals surface area contributed by atoms with Gasteiger partial charge in [-0.25, -0.2) is 9.37 Å². The lowest BCUT2D eigenvalue weighted by Gasteiger charge is -2.15. The SMILES string of the molecule is Cc1cc(NC(=O)c2cc(F)cnc2NCc2ccnc(C)c2/C=C\N)ccc1C(F)(F)F. The van der Waals surface area contributed by atoms with Crippen molar-refractivity contribution in [2.75, 3.05) is 10.6 Å². The van der Waals surface area contributed by atoms with Crippen molar-refractivity contribution in [3.05, 3.63) is 88.3 Å². The molecule has 4 N–H and O–H groups in total. The number of pyridine rings is 2. The van der Waals surface area contributed by atoms with E-state index in [4.69, 9.17) is 5.73 Å². The largest absolute Gasteiger partial charge is 0.416 e. The molecule has 3 aromatic rings. The van der Waals surface area contributed by atoms with Crippen molar-refractivity contribution in [2.24, 2.45) is 5.73 Å². The van der Waals surface area contributed by atoms with Crippen molar-refractivity contribution in [3.8, 4) is 0 Å². The molecule has 0 aliphatic heterocycles. The molecule has 2 aromatic heterocycles. The second kappa shape index (κ2) is 9.68. The van der Waals surface area contributed by atoms with Crippen molar-refractivity contribution in [1.82, 2.24) is 9.97 Å². The molecule has 0 unspecified atom stereocenters. The van der Waals surface area contributed by atoms with E-state index >= 15 is 0 Å². The number of nitrogens with two attached hydrogens (primary N) is 1. The van der Waals surface area contributed by atoms with Gasteiger partial charge in [-0.1, -0.05) is 0 Å². The smallest absolute Gasteiger partial charge is 0.405 e. The topological polar surface area (TPSA) is 92.9 Å². The number of aromatic nitrogens is 2. The molecular formula is C23H21F4N5O. The number of carbonyl (C=O) groups excluding carboxylic acids is 1. The van der Waals surface area contributed by atoms with Gasteiger partial charge in [0.15, 0.2) is 0 Å². The summed E-state index contributed by atoms with van der Waals surface area (Å²) in [5.41, 5.74) is 7.05. The van der Waals surface area contributed by atoms with Crippen molar-refractivity contribution in [3.63, 3.8) is 0 Å². The maximum Gasteiger partial charge on any atom is 0.416 e. The van der Waals surface area contributed by atoms with Crippen LogP contribution in [0.1, 0.15) is 38.3 Å². The quantitative estimate of drug-likeness (QED) is 0.449. The summed E-state index contributed by atoms with van der Waals surface area (Å²) in [5, 5.41) is 5.49. The molecule has 6 nitrogen and oxygen atoms in total. The minimum atomic E-state index is -4.50. The van der Waals surface area contributed by atoms with Gasteiger partial charge in [-0.15, -0.1) is 0 Å². The van der Waals surface area contributed by atoms with Gasteiger partial charge in [0.2, 0.25) is 0 Å². The second-order valence-electron chi connectivity index (χ2n) is 7.21. The molecule has 0 radical (unpaired) electrons. The molecule has 0 bridgehead atoms. The lowest BCUT2D eigenvalue weighted by atomic mass is 10.1. The average Bonchev–Trinajstić information content (AvgIpc) is 2.74. The minimum Gasteiger partial charge on any atom is -0.405 e. The van der Waals surface area contributed by atoms with Crippen LogP contribution in [0.4, 0.5) is 29.1 Å². The van der Waals surface area contributed by atoms with E-state index in [-0.39, 0.29) is 29.2 Å². The molecule has 0 fully saturated rings. The molecule has 172 valence electrons. The Kier molecular flexibility index (Phi) is 6.95. The number of hydrogen-bond donors (Lipinski definition) is 3. The molecule has 0 saturated carbocycles. The van der Waals surface area contributed by atoms with Gasteiger partial charge in [-0.3, -0.25) is 9.78 Å². The molecular weight excluding hydrogens is 438 g/mol. The standard InChI is InChI=1S/C23H21F4N5O/c1-13-9-17(3-4-20(13)23(25,26)27)32-22(33)19-10-16(24)12-31-21(19)30-11-15-6-8-29-14(2)18(15)5-7-28/h3-10,12H,11,28H2,1-2H3,(H,30,31)(H,32,33)/b7-5-. The average molecular weight is 459 g/mol. The number of nitrogens with one attached hydrogen (secondary N) is 2. The summed E-state index contributed by atoms with van der Waals surface area (Å²) in [5.74, 6) is -1.35. The third kappa shape index (κ3) is 5.65. The van der Waals surface area contributed by atoms with Crippen LogP contribution in [0.3, 0.4) is 0 Å². The molecule has 0 aliphatic carbocycles. The first-order chi connectivity index (χ1) is 15.6. The number of carbonyl (C=O) groups is 1. The van der Waals surface area contributed by atoms with Gasteiger partial charge in [0.25, 0.3) is 5.91 Å². The number of rotatable bonds is 6. The molecule has 1 amide bonds. The Morgan fingerprint density at radius 1 is 1.15 bits per heavy atom. The van der Waals surface area contributed by atoms with E-state index in [0.29, 0.717) is 0 Å². The van der Waals surface area contributed by atoms with Crippen LogP contribution >= 0.6 is 0 Å². The number of alkyl halides is 3. The Bertz CT molecular complexity index is 1210. The zero-order valence-electron chi connectivity index (χ0n) is 17.8. The van der Waals surface area contributed by atoms with E-state index < -0.39 is 23.5 Å². The lowest BCUT2D eigenvalue weighted by molar-refractivity contribution is -0.138. The molecule has 10 heteroatoms. The number of halogens is 4. The van der Waals surface area contributed by atoms with Crippen LogP contribution in [0, 0.1) is 19.7 Å². The van der Waals surface area contributed by atoms with Gasteiger partial charge in [0.1, 0.15) is 11.6 Å². The first-order valence-electron chi connectivity index (χ1n) is 9.81. The van der Waals surface area contributed by atoms with Crippen molar-refractivity contribution < 1.29 is 22.4 Å². The number of anilines is 2. The van der Waals surface area contributed by atoms with Gasteiger partial charge in [-0.2, -0.15) is 13.2 Å². The van der Waals surface area contributed by atoms with Gasteiger partial charge in [-0.05, 0) is 67.6 Å². The van der Waals surface area contributed by atoms with Crippen LogP contribution in [0.2, 0.25) is 0 Å².